The van der Waals surface area contributed by atoms with Crippen molar-refractivity contribution < 1.29 is 0 Å². The van der Waals surface area contributed by atoms with Gasteiger partial charge in [0.05, 0.1) is 11.1 Å². The van der Waals surface area contributed by atoms with Crippen LogP contribution < -0.4 is 5.56 Å². The van der Waals surface area contributed by atoms with Gasteiger partial charge >= 0.3 is 0 Å². The molecule has 0 saturated heterocycles. The first kappa shape index (κ1) is 9.90. The molecule has 2 rings (SSSR count). The standard InChI is InChI=1S/C12H14N2O/c1-8(2)7-11-9-5-3-4-6-10(9)12(15)14-13-11/h3-6,8H,7H2,1-2H3,(H,14,15). The minimum atomic E-state index is -0.113. The Bertz CT molecular complexity index is 528. The maximum atomic E-state index is 11.5. The molecule has 0 amide bonds. The van der Waals surface area contributed by atoms with Crippen molar-refractivity contribution in [2.75, 3.05) is 0 Å². The molecule has 3 heteroatoms. The van der Waals surface area contributed by atoms with Crippen molar-refractivity contribution >= 4 is 10.8 Å². The Morgan fingerprint density at radius 1 is 1.27 bits per heavy atom. The number of nitrogens with zero attached hydrogens (tertiary/aromatic N) is 1. The van der Waals surface area contributed by atoms with Crippen molar-refractivity contribution in [2.45, 2.75) is 20.3 Å². The summed E-state index contributed by atoms with van der Waals surface area (Å²) in [5.41, 5.74) is 0.860. The van der Waals surface area contributed by atoms with E-state index >= 15 is 0 Å². The minimum absolute atomic E-state index is 0.113. The molecule has 0 saturated carbocycles. The molecule has 78 valence electrons. The molecule has 1 N–H and O–H groups in total. The molecule has 2 aromatic rings. The smallest absolute Gasteiger partial charge is 0.267 e. The van der Waals surface area contributed by atoms with Crippen molar-refractivity contribution in [3.8, 4) is 0 Å². The maximum absolute atomic E-state index is 11.5. The van der Waals surface area contributed by atoms with Crippen LogP contribution in [0.3, 0.4) is 0 Å². The lowest BCUT2D eigenvalue weighted by Gasteiger charge is -2.06. The second-order valence-corrected chi connectivity index (χ2v) is 4.14. The first-order valence-corrected chi connectivity index (χ1v) is 5.15. The van der Waals surface area contributed by atoms with E-state index in [-0.39, 0.29) is 5.56 Å². The maximum Gasteiger partial charge on any atom is 0.272 e. The van der Waals surface area contributed by atoms with Gasteiger partial charge in [0, 0.05) is 5.39 Å². The highest BCUT2D eigenvalue weighted by Gasteiger charge is 2.06. The highest BCUT2D eigenvalue weighted by molar-refractivity contribution is 5.83. The summed E-state index contributed by atoms with van der Waals surface area (Å²) in [4.78, 5) is 11.5. The third-order valence-electron chi connectivity index (χ3n) is 2.38. The Morgan fingerprint density at radius 2 is 1.93 bits per heavy atom. The summed E-state index contributed by atoms with van der Waals surface area (Å²) in [5, 5.41) is 8.34. The molecule has 0 spiro atoms. The topological polar surface area (TPSA) is 45.8 Å². The Hall–Kier alpha value is -1.64. The minimum Gasteiger partial charge on any atom is -0.267 e. The average Bonchev–Trinajstić information content (AvgIpc) is 2.22. The van der Waals surface area contributed by atoms with Crippen LogP contribution in [0.2, 0.25) is 0 Å². The number of hydrogen-bond acceptors (Lipinski definition) is 2. The third kappa shape index (κ3) is 1.91. The number of hydrogen-bond donors (Lipinski definition) is 1. The molecule has 1 aromatic carbocycles. The summed E-state index contributed by atoms with van der Waals surface area (Å²) < 4.78 is 0. The Kier molecular flexibility index (Phi) is 2.54. The van der Waals surface area contributed by atoms with Crippen molar-refractivity contribution in [3.63, 3.8) is 0 Å². The molecule has 0 atom stereocenters. The Labute approximate surface area is 88.1 Å². The van der Waals surface area contributed by atoms with Crippen molar-refractivity contribution in [2.24, 2.45) is 5.92 Å². The summed E-state index contributed by atoms with van der Waals surface area (Å²) in [6.07, 6.45) is 0.886. The second kappa shape index (κ2) is 3.85. The monoisotopic (exact) mass is 202 g/mol. The summed E-state index contributed by atoms with van der Waals surface area (Å²) in [5.74, 6) is 0.534. The van der Waals surface area contributed by atoms with Gasteiger partial charge in [-0.25, -0.2) is 5.10 Å². The van der Waals surface area contributed by atoms with E-state index in [1.165, 1.54) is 0 Å². The summed E-state index contributed by atoms with van der Waals surface area (Å²) >= 11 is 0. The van der Waals surface area contributed by atoms with E-state index in [0.29, 0.717) is 5.92 Å². The van der Waals surface area contributed by atoms with Gasteiger partial charge < -0.3 is 0 Å². The lowest BCUT2D eigenvalue weighted by atomic mass is 10.0. The predicted octanol–water partition coefficient (Wildman–Crippen LogP) is 2.12. The molecule has 3 nitrogen and oxygen atoms in total. The fraction of sp³-hybridized carbons (Fsp3) is 0.333. The van der Waals surface area contributed by atoms with E-state index in [1.807, 2.05) is 24.3 Å². The van der Waals surface area contributed by atoms with Gasteiger partial charge in [0.1, 0.15) is 0 Å². The van der Waals surface area contributed by atoms with E-state index in [1.54, 1.807) is 0 Å². The van der Waals surface area contributed by atoms with Gasteiger partial charge in [-0.1, -0.05) is 32.0 Å². The zero-order valence-corrected chi connectivity index (χ0v) is 8.95. The van der Waals surface area contributed by atoms with Gasteiger partial charge in [0.25, 0.3) is 5.56 Å². The molecule has 1 heterocycles. The van der Waals surface area contributed by atoms with Gasteiger partial charge in [-0.3, -0.25) is 4.79 Å². The highest BCUT2D eigenvalue weighted by Crippen LogP contribution is 2.15. The summed E-state index contributed by atoms with van der Waals surface area (Å²) in [6, 6.07) is 7.60. The zero-order valence-electron chi connectivity index (χ0n) is 8.95. The van der Waals surface area contributed by atoms with Crippen LogP contribution in [0.25, 0.3) is 10.8 Å². The molecule has 0 aliphatic carbocycles. The van der Waals surface area contributed by atoms with Crippen LogP contribution in [0, 0.1) is 5.92 Å². The number of nitrogens with one attached hydrogen (secondary N) is 1. The molecule has 1 aromatic heterocycles. The molecular formula is C12H14N2O. The van der Waals surface area contributed by atoms with Crippen molar-refractivity contribution in [3.05, 3.63) is 40.3 Å². The van der Waals surface area contributed by atoms with Gasteiger partial charge in [0.15, 0.2) is 0 Å². The number of rotatable bonds is 2. The summed E-state index contributed by atoms with van der Waals surface area (Å²) in [6.45, 7) is 4.28. The molecular weight excluding hydrogens is 188 g/mol. The molecule has 0 radical (unpaired) electrons. The predicted molar refractivity (Wildman–Crippen MR) is 60.9 cm³/mol. The molecule has 0 fully saturated rings. The number of aromatic amines is 1. The number of benzene rings is 1. The van der Waals surface area contributed by atoms with Gasteiger partial charge in [-0.05, 0) is 18.4 Å². The van der Waals surface area contributed by atoms with E-state index < -0.39 is 0 Å². The van der Waals surface area contributed by atoms with Crippen molar-refractivity contribution in [1.82, 2.24) is 10.2 Å². The number of fused-ring (bicyclic) bond motifs is 1. The zero-order chi connectivity index (χ0) is 10.8. The molecule has 0 unspecified atom stereocenters. The van der Waals surface area contributed by atoms with E-state index in [4.69, 9.17) is 0 Å². The van der Waals surface area contributed by atoms with Crippen LogP contribution in [0.1, 0.15) is 19.5 Å². The van der Waals surface area contributed by atoms with Crippen LogP contribution >= 0.6 is 0 Å². The second-order valence-electron chi connectivity index (χ2n) is 4.14. The van der Waals surface area contributed by atoms with Crippen molar-refractivity contribution in [1.29, 1.82) is 0 Å². The molecule has 0 aliphatic rings. The van der Waals surface area contributed by atoms with Crippen LogP contribution in [0.5, 0.6) is 0 Å². The quantitative estimate of drug-likeness (QED) is 0.810. The van der Waals surface area contributed by atoms with Gasteiger partial charge in [0.2, 0.25) is 0 Å². The fourth-order valence-corrected chi connectivity index (χ4v) is 1.71. The lowest BCUT2D eigenvalue weighted by molar-refractivity contribution is 0.631. The lowest BCUT2D eigenvalue weighted by Crippen LogP contribution is -2.12. The van der Waals surface area contributed by atoms with E-state index in [9.17, 15) is 4.79 Å². The molecule has 0 bridgehead atoms. The van der Waals surface area contributed by atoms with Crippen LogP contribution in [-0.2, 0) is 6.42 Å². The Balaban J connectivity index is 2.66. The van der Waals surface area contributed by atoms with Gasteiger partial charge in [-0.15, -0.1) is 0 Å². The number of aromatic nitrogens is 2. The third-order valence-corrected chi connectivity index (χ3v) is 2.38. The number of H-pyrrole nitrogens is 1. The largest absolute Gasteiger partial charge is 0.272 e. The van der Waals surface area contributed by atoms with Crippen LogP contribution in [0.15, 0.2) is 29.1 Å². The summed E-state index contributed by atoms with van der Waals surface area (Å²) in [7, 11) is 0. The van der Waals surface area contributed by atoms with Crippen LogP contribution in [-0.4, -0.2) is 10.2 Å². The molecule has 0 aliphatic heterocycles. The first-order chi connectivity index (χ1) is 7.18. The SMILES string of the molecule is CC(C)Cc1n[nH]c(=O)c2ccccc12. The van der Waals surface area contributed by atoms with E-state index in [0.717, 1.165) is 22.9 Å². The normalized spacial score (nSPS) is 11.1. The Morgan fingerprint density at radius 3 is 2.60 bits per heavy atom. The highest BCUT2D eigenvalue weighted by atomic mass is 16.1. The first-order valence-electron chi connectivity index (χ1n) is 5.15. The van der Waals surface area contributed by atoms with E-state index in [2.05, 4.69) is 24.0 Å². The molecule has 15 heavy (non-hydrogen) atoms. The van der Waals surface area contributed by atoms with Crippen LogP contribution in [0.4, 0.5) is 0 Å². The average molecular weight is 202 g/mol. The van der Waals surface area contributed by atoms with Gasteiger partial charge in [-0.2, -0.15) is 5.10 Å². The fourth-order valence-electron chi connectivity index (χ4n) is 1.71.